The summed E-state index contributed by atoms with van der Waals surface area (Å²) in [6, 6.07) is 10.3. The quantitative estimate of drug-likeness (QED) is 0.578. The molecule has 0 saturated heterocycles. The van der Waals surface area contributed by atoms with E-state index in [9.17, 15) is 0 Å². The molecule has 110 valence electrons. The Labute approximate surface area is 120 Å². The van der Waals surface area contributed by atoms with Crippen LogP contribution in [0, 0.1) is 6.92 Å². The summed E-state index contributed by atoms with van der Waals surface area (Å²) in [7, 11) is 1.71. The van der Waals surface area contributed by atoms with Crippen LogP contribution < -0.4 is 0 Å². The lowest BCUT2D eigenvalue weighted by Crippen LogP contribution is -2.15. The minimum Gasteiger partial charge on any atom is -0.379 e. The van der Waals surface area contributed by atoms with Crippen molar-refractivity contribution in [2.75, 3.05) is 7.11 Å². The number of hydrogen-bond acceptors (Lipinski definition) is 1. The SMILES string of the molecule is C1CCCCC1.COC(C)(C)C.Cc1ccccc1. The molecule has 0 radical (unpaired) electrons. The van der Waals surface area contributed by atoms with Gasteiger partial charge in [0.1, 0.15) is 0 Å². The van der Waals surface area contributed by atoms with Gasteiger partial charge in [0, 0.05) is 7.11 Å². The topological polar surface area (TPSA) is 9.23 Å². The predicted molar refractivity (Wildman–Crippen MR) is 85.6 cm³/mol. The van der Waals surface area contributed by atoms with E-state index in [4.69, 9.17) is 4.74 Å². The van der Waals surface area contributed by atoms with Gasteiger partial charge < -0.3 is 4.74 Å². The summed E-state index contributed by atoms with van der Waals surface area (Å²) < 4.78 is 4.94. The minimum absolute atomic E-state index is 0.0417. The number of benzene rings is 1. The highest BCUT2D eigenvalue weighted by Crippen LogP contribution is 2.15. The molecule has 0 N–H and O–H groups in total. The van der Waals surface area contributed by atoms with Crippen LogP contribution in [0.3, 0.4) is 0 Å². The van der Waals surface area contributed by atoms with E-state index in [2.05, 4.69) is 19.1 Å². The second-order valence-corrected chi connectivity index (χ2v) is 6.09. The zero-order valence-electron chi connectivity index (χ0n) is 13.5. The fourth-order valence-corrected chi connectivity index (χ4v) is 1.60. The number of rotatable bonds is 0. The summed E-state index contributed by atoms with van der Waals surface area (Å²) >= 11 is 0. The molecular weight excluding hydrogens is 232 g/mol. The van der Waals surface area contributed by atoms with Gasteiger partial charge in [0.25, 0.3) is 0 Å². The maximum absolute atomic E-state index is 4.94. The molecule has 0 atom stereocenters. The Balaban J connectivity index is 0.000000257. The third-order valence-corrected chi connectivity index (χ3v) is 3.05. The predicted octanol–water partition coefficient (Wildman–Crippen LogP) is 5.77. The first-order valence-corrected chi connectivity index (χ1v) is 7.52. The fourth-order valence-electron chi connectivity index (χ4n) is 1.60. The molecule has 1 saturated carbocycles. The van der Waals surface area contributed by atoms with Gasteiger partial charge in [-0.05, 0) is 27.7 Å². The van der Waals surface area contributed by atoms with E-state index in [-0.39, 0.29) is 5.60 Å². The summed E-state index contributed by atoms with van der Waals surface area (Å²) in [5.74, 6) is 0. The molecule has 0 heterocycles. The van der Waals surface area contributed by atoms with Gasteiger partial charge in [-0.3, -0.25) is 0 Å². The first-order chi connectivity index (χ1) is 8.95. The van der Waals surface area contributed by atoms with Crippen LogP contribution in [0.5, 0.6) is 0 Å². The van der Waals surface area contributed by atoms with Crippen molar-refractivity contribution in [2.45, 2.75) is 71.8 Å². The second kappa shape index (κ2) is 11.0. The number of hydrogen-bond donors (Lipinski definition) is 0. The van der Waals surface area contributed by atoms with Crippen LogP contribution in [0.15, 0.2) is 30.3 Å². The van der Waals surface area contributed by atoms with E-state index >= 15 is 0 Å². The van der Waals surface area contributed by atoms with Gasteiger partial charge >= 0.3 is 0 Å². The first-order valence-electron chi connectivity index (χ1n) is 7.52. The standard InChI is InChI=1S/C7H8.C6H12.C5H12O/c1-7-5-3-2-4-6-7;1-2-4-6-5-3-1;1-5(2,3)6-4/h2-6H,1H3;1-6H2;1-4H3. The Kier molecular flexibility index (Phi) is 10.6. The Bertz CT molecular complexity index is 269. The van der Waals surface area contributed by atoms with E-state index in [0.717, 1.165) is 0 Å². The van der Waals surface area contributed by atoms with Crippen molar-refractivity contribution in [2.24, 2.45) is 0 Å². The Morgan fingerprint density at radius 3 is 1.26 bits per heavy atom. The van der Waals surface area contributed by atoms with Crippen molar-refractivity contribution in [1.29, 1.82) is 0 Å². The number of aryl methyl sites for hydroxylation is 1. The van der Waals surface area contributed by atoms with Gasteiger partial charge in [-0.15, -0.1) is 0 Å². The summed E-state index contributed by atoms with van der Waals surface area (Å²) in [5.41, 5.74) is 1.36. The lowest BCUT2D eigenvalue weighted by Gasteiger charge is -2.14. The van der Waals surface area contributed by atoms with Gasteiger partial charge in [0.15, 0.2) is 0 Å². The highest BCUT2D eigenvalue weighted by Gasteiger charge is 2.04. The molecule has 1 aromatic rings. The third kappa shape index (κ3) is 15.1. The zero-order valence-corrected chi connectivity index (χ0v) is 13.5. The Morgan fingerprint density at radius 1 is 0.789 bits per heavy atom. The van der Waals surface area contributed by atoms with E-state index in [1.54, 1.807) is 7.11 Å². The molecule has 1 heteroatoms. The first kappa shape index (κ1) is 18.2. The second-order valence-electron chi connectivity index (χ2n) is 6.09. The van der Waals surface area contributed by atoms with Gasteiger partial charge in [-0.2, -0.15) is 0 Å². The average molecular weight is 264 g/mol. The molecule has 0 bridgehead atoms. The van der Waals surface area contributed by atoms with Crippen molar-refractivity contribution in [3.63, 3.8) is 0 Å². The van der Waals surface area contributed by atoms with Crippen molar-refractivity contribution in [1.82, 2.24) is 0 Å². The molecule has 0 unspecified atom stereocenters. The molecule has 1 nitrogen and oxygen atoms in total. The monoisotopic (exact) mass is 264 g/mol. The van der Waals surface area contributed by atoms with Crippen LogP contribution in [-0.4, -0.2) is 12.7 Å². The van der Waals surface area contributed by atoms with Gasteiger partial charge in [0.2, 0.25) is 0 Å². The smallest absolute Gasteiger partial charge is 0.0594 e. The highest BCUT2D eigenvalue weighted by atomic mass is 16.5. The minimum atomic E-state index is 0.0417. The largest absolute Gasteiger partial charge is 0.379 e. The highest BCUT2D eigenvalue weighted by molar-refractivity contribution is 5.11. The van der Waals surface area contributed by atoms with Crippen LogP contribution in [0.2, 0.25) is 0 Å². The van der Waals surface area contributed by atoms with Gasteiger partial charge in [-0.25, -0.2) is 0 Å². The fraction of sp³-hybridized carbons (Fsp3) is 0.667. The van der Waals surface area contributed by atoms with E-state index in [1.807, 2.05) is 39.0 Å². The number of methoxy groups -OCH3 is 1. The van der Waals surface area contributed by atoms with Crippen LogP contribution in [0.1, 0.15) is 64.9 Å². The van der Waals surface area contributed by atoms with Gasteiger partial charge in [0.05, 0.1) is 5.60 Å². The molecule has 0 aromatic heterocycles. The summed E-state index contributed by atoms with van der Waals surface area (Å²) in [4.78, 5) is 0. The normalized spacial score (nSPS) is 14.6. The van der Waals surface area contributed by atoms with Crippen LogP contribution in [0.4, 0.5) is 0 Å². The van der Waals surface area contributed by atoms with Crippen LogP contribution in [-0.2, 0) is 4.74 Å². The van der Waals surface area contributed by atoms with Crippen molar-refractivity contribution < 1.29 is 4.74 Å². The summed E-state index contributed by atoms with van der Waals surface area (Å²) in [6.45, 7) is 8.15. The van der Waals surface area contributed by atoms with E-state index in [0.29, 0.717) is 0 Å². The van der Waals surface area contributed by atoms with Crippen molar-refractivity contribution in [3.05, 3.63) is 35.9 Å². The van der Waals surface area contributed by atoms with Crippen LogP contribution >= 0.6 is 0 Å². The molecular formula is C18H32O. The maximum Gasteiger partial charge on any atom is 0.0594 e. The number of ether oxygens (including phenoxy) is 1. The summed E-state index contributed by atoms with van der Waals surface area (Å²) in [5, 5.41) is 0. The average Bonchev–Trinajstić information content (AvgIpc) is 2.42. The van der Waals surface area contributed by atoms with Crippen molar-refractivity contribution >= 4 is 0 Å². The Hall–Kier alpha value is -0.820. The van der Waals surface area contributed by atoms with Crippen LogP contribution in [0.25, 0.3) is 0 Å². The zero-order chi connectivity index (χ0) is 14.6. The van der Waals surface area contributed by atoms with E-state index in [1.165, 1.54) is 44.1 Å². The van der Waals surface area contributed by atoms with E-state index < -0.39 is 0 Å². The molecule has 1 fully saturated rings. The lowest BCUT2D eigenvalue weighted by atomic mass is 10.0. The van der Waals surface area contributed by atoms with Gasteiger partial charge in [-0.1, -0.05) is 74.4 Å². The molecule has 1 aliphatic rings. The molecule has 0 spiro atoms. The molecule has 1 aromatic carbocycles. The Morgan fingerprint density at radius 2 is 1.11 bits per heavy atom. The molecule has 2 rings (SSSR count). The third-order valence-electron chi connectivity index (χ3n) is 3.05. The molecule has 0 amide bonds. The summed E-state index contributed by atoms with van der Waals surface area (Å²) in [6.07, 6.45) is 9.00. The molecule has 0 aliphatic heterocycles. The lowest BCUT2D eigenvalue weighted by molar-refractivity contribution is 0.0397. The maximum atomic E-state index is 4.94. The molecule has 19 heavy (non-hydrogen) atoms. The van der Waals surface area contributed by atoms with Crippen molar-refractivity contribution in [3.8, 4) is 0 Å². The molecule has 1 aliphatic carbocycles.